The minimum atomic E-state index is -4.16. The predicted molar refractivity (Wildman–Crippen MR) is 413 cm³/mol. The van der Waals surface area contributed by atoms with Crippen molar-refractivity contribution in [1.29, 1.82) is 0 Å². The molecule has 5 unspecified atom stereocenters. The number of nitrogens with one attached hydrogen (secondary N) is 2. The third-order valence-electron chi connectivity index (χ3n) is 15.9. The van der Waals surface area contributed by atoms with E-state index in [0.717, 1.165) is 33.7 Å². The van der Waals surface area contributed by atoms with E-state index in [1.165, 1.54) is 0 Å². The number of hydrogen-bond donors (Lipinski definition) is 7. The Morgan fingerprint density at radius 1 is 0.615 bits per heavy atom. The van der Waals surface area contributed by atoms with Crippen molar-refractivity contribution in [3.63, 3.8) is 0 Å². The molecule has 3 aliphatic rings. The molecule has 0 amide bonds. The molecule has 0 bridgehead atoms. The van der Waals surface area contributed by atoms with Gasteiger partial charge in [-0.2, -0.15) is 0 Å². The number of halogens is 1. The summed E-state index contributed by atoms with van der Waals surface area (Å²) >= 11 is 6.71. The fourth-order valence-corrected chi connectivity index (χ4v) is 18.9. The van der Waals surface area contributed by atoms with E-state index in [2.05, 4.69) is 135 Å². The van der Waals surface area contributed by atoms with Gasteiger partial charge in [0.2, 0.25) is 0 Å². The number of fused-ring (bicyclic) bond motifs is 1. The number of nitrogens with zero attached hydrogens (tertiary/aromatic N) is 6. The first-order valence-electron chi connectivity index (χ1n) is 36.0. The zero-order valence-corrected chi connectivity index (χ0v) is 81.6. The molecule has 37 heteroatoms. The van der Waals surface area contributed by atoms with Gasteiger partial charge in [0.25, 0.3) is 11.1 Å². The molecule has 0 aliphatic carbocycles. The van der Waals surface area contributed by atoms with Gasteiger partial charge in [-0.05, 0) is 179 Å². The van der Waals surface area contributed by atoms with Crippen LogP contribution >= 0.6 is 35.1 Å². The zero-order chi connectivity index (χ0) is 81.3. The fraction of sp³-hybridized carbons (Fsp3) is 0.792. The van der Waals surface area contributed by atoms with Crippen molar-refractivity contribution in [2.24, 2.45) is 17.8 Å². The molecule has 2 aromatic rings. The summed E-state index contributed by atoms with van der Waals surface area (Å²) in [6.07, 6.45) is 5.49. The first kappa shape index (κ1) is 114. The van der Waals surface area contributed by atoms with Gasteiger partial charge in [-0.3, -0.25) is 66.0 Å². The van der Waals surface area contributed by atoms with Crippen molar-refractivity contribution in [2.45, 2.75) is 328 Å². The van der Waals surface area contributed by atoms with Gasteiger partial charge in [0, 0.05) is 169 Å². The monoisotopic (exact) mass is 2000 g/mol. The molecule has 5 rings (SSSR count). The Morgan fingerprint density at radius 2 is 0.963 bits per heavy atom. The molecular weight excluding hydrogens is 1870 g/mol. The van der Waals surface area contributed by atoms with Gasteiger partial charge in [0.05, 0.1) is 68.6 Å². The number of carbonyl (C=O) groups is 3. The van der Waals surface area contributed by atoms with Gasteiger partial charge in [-0.25, -0.2) is 23.5 Å². The van der Waals surface area contributed by atoms with Gasteiger partial charge in [0.1, 0.15) is 32.0 Å². The van der Waals surface area contributed by atoms with E-state index < -0.39 is 119 Å². The molecule has 3 fully saturated rings. The predicted octanol–water partition coefficient (Wildman–Crippen LogP) is 9.58. The standard InChI is InChI=1S/C20H43N2O3P.C19H25N2O10P.C12H28ClN2P.C11H12N2O6.C9H18O3.CH4.U.2Y/c1-14(2)21(15(3)4)26(22(16(5)6)17(7)8)24-13-12-19(11)20(23)25-18(9)10;1-5-19(25)15-13(30-17(19)21-8-6-14(22)20-18(21)24)10-28-32(26,31-15)27-9-7-12(4)16(23)29-11(2)3;1-9(2)14(10(3)4)16(13)15(11(5)6)12(7)8;1-2-11(18)8(16)6(5-14)19-9(11)13-4-3-7(15)12-10(13)17;1-6(2)12-9(11)7(3)5-8(4)10;;;;/h14-19H,12-13H2,1-11H3;1,6,8,11-13,15,17,25H,7,9-10H2,2-4H3,(H,20,22,24);9-12H,1-8H3;1,3-4,6,8-9,14,16,18H,5H2,(H,12,15,17);6-8,10H,5H2,1-4H3;1H4;;;/t;12?,13-,15-,17-,19-,32?;;6-,8-,9-,11-;;;;;/m.1.1...../s1. The summed E-state index contributed by atoms with van der Waals surface area (Å²) in [7, 11) is -5.78. The number of terminal acetylenes is 2. The van der Waals surface area contributed by atoms with Crippen molar-refractivity contribution >= 4 is 53.0 Å². The van der Waals surface area contributed by atoms with Crippen molar-refractivity contribution in [1.82, 2.24) is 37.8 Å². The average molecular weight is 2000 g/mol. The maximum atomic E-state index is 12.9. The van der Waals surface area contributed by atoms with E-state index in [9.17, 15) is 53.4 Å². The number of esters is 3. The third-order valence-corrected chi connectivity index (χ3v) is 24.1. The molecule has 7 N–H and O–H groups in total. The molecule has 13 atom stereocenters. The maximum absolute atomic E-state index is 12.9. The number of H-pyrrole nitrogens is 2. The molecule has 3 aliphatic heterocycles. The first-order chi connectivity index (χ1) is 48.4. The Kier molecular flexibility index (Phi) is 56.7. The second-order valence-corrected chi connectivity index (χ2v) is 34.8. The molecule has 0 aromatic carbocycles. The minimum Gasteiger partial charge on any atom is -0.463 e. The summed E-state index contributed by atoms with van der Waals surface area (Å²) in [5.74, 6) is 2.43. The van der Waals surface area contributed by atoms with E-state index in [-0.39, 0.29) is 166 Å². The van der Waals surface area contributed by atoms with E-state index >= 15 is 0 Å². The SMILES string of the molecule is C.C#C[C@@]1(O)[C@@H]2OP(=O)(OCCC(C)C(=O)OC(C)C)OC[C@H]2O[C@H]1n1ccc(=O)[nH]c1=O.C#C[C@@]1(O)[C@H](O)[C@@H](CO)O[C@H]1n1ccc(=O)[nH]c1=O.CC(C)N(C(C)C)P(Cl)N(C(C)C)C(C)C.CC(C)OC(=O)C(C)CCOP(N(C(C)C)C(C)C)N(C(C)C)C(C)C.CC(O)CC(C)C(=O)OC(C)C.[U].[Y].[Y]. The number of carbonyl (C=O) groups excluding carboxylic acids is 3. The Balaban J connectivity index is -0.000000651. The summed E-state index contributed by atoms with van der Waals surface area (Å²) in [5.41, 5.74) is -7.38. The summed E-state index contributed by atoms with van der Waals surface area (Å²) in [6, 6.07) is 5.63. The van der Waals surface area contributed by atoms with Crippen LogP contribution in [0.15, 0.2) is 43.7 Å². The van der Waals surface area contributed by atoms with Crippen LogP contribution in [0.2, 0.25) is 0 Å². The Morgan fingerprint density at radius 3 is 1.28 bits per heavy atom. The van der Waals surface area contributed by atoms with Crippen LogP contribution in [0.1, 0.15) is 219 Å². The number of phosphoric ester groups is 1. The number of rotatable bonds is 31. The van der Waals surface area contributed by atoms with Gasteiger partial charge >= 0.3 is 37.1 Å². The molecule has 622 valence electrons. The number of aromatic amines is 2. The molecule has 30 nitrogen and oxygen atoms in total. The zero-order valence-electron chi connectivity index (χ0n) is 68.3. The summed E-state index contributed by atoms with van der Waals surface area (Å²) in [6.45, 7) is 52.9. The molecule has 109 heavy (non-hydrogen) atoms. The maximum Gasteiger partial charge on any atom is 0.475 e. The smallest absolute Gasteiger partial charge is 0.463 e. The number of hydrogen-bond acceptors (Lipinski definition) is 26. The van der Waals surface area contributed by atoms with E-state index in [4.69, 9.17) is 76.1 Å². The van der Waals surface area contributed by atoms with E-state index in [1.54, 1.807) is 34.6 Å². The molecule has 2 aromatic heterocycles. The third kappa shape index (κ3) is 36.0. The first-order valence-corrected chi connectivity index (χ1v) is 40.7. The Labute approximate surface area is 729 Å². The van der Waals surface area contributed by atoms with Crippen LogP contribution in [-0.2, 0) is 126 Å². The molecule has 3 saturated heterocycles. The number of aliphatic hydroxyl groups is 5. The minimum absolute atomic E-state index is 0. The largest absolute Gasteiger partial charge is 0.475 e. The molecule has 0 saturated carbocycles. The van der Waals surface area contributed by atoms with Crippen molar-refractivity contribution < 1.29 is 183 Å². The summed E-state index contributed by atoms with van der Waals surface area (Å²) < 4.78 is 73.0. The van der Waals surface area contributed by atoms with Crippen LogP contribution in [0, 0.1) is 73.6 Å². The van der Waals surface area contributed by atoms with E-state index in [1.807, 2.05) is 50.5 Å². The van der Waals surface area contributed by atoms with Gasteiger partial charge in [-0.15, -0.1) is 12.8 Å². The fourth-order valence-electron chi connectivity index (χ4n) is 11.3. The van der Waals surface area contributed by atoms with Gasteiger partial charge in [0.15, 0.2) is 32.1 Å². The van der Waals surface area contributed by atoms with E-state index in [0.29, 0.717) is 67.8 Å². The number of aromatic nitrogens is 4. The molecule has 5 heterocycles. The average Bonchev–Trinajstić information content (AvgIpc) is 1.59. The van der Waals surface area contributed by atoms with Crippen molar-refractivity contribution in [2.75, 3.05) is 26.4 Å². The van der Waals surface area contributed by atoms with Crippen LogP contribution < -0.4 is 22.5 Å². The van der Waals surface area contributed by atoms with Gasteiger partial charge in [-0.1, -0.05) is 51.3 Å². The summed E-state index contributed by atoms with van der Waals surface area (Å²) in [5, 5.41) is 49.1. The molecule has 2 radical (unpaired) electrons. The number of aliphatic hydroxyl groups excluding tert-OH is 3. The second-order valence-electron chi connectivity index (χ2n) is 29.2. The van der Waals surface area contributed by atoms with Gasteiger partial charge < -0.3 is 53.7 Å². The second kappa shape index (κ2) is 54.1. The molecule has 0 spiro atoms. The molecular formula is C72H130ClN8O22P3UY2. The van der Waals surface area contributed by atoms with Crippen LogP contribution in [0.3, 0.4) is 0 Å². The topological polar surface area (TPSA) is 375 Å². The van der Waals surface area contributed by atoms with Crippen LogP contribution in [0.4, 0.5) is 0 Å². The van der Waals surface area contributed by atoms with Crippen molar-refractivity contribution in [3.05, 3.63) is 66.2 Å². The summed E-state index contributed by atoms with van der Waals surface area (Å²) in [4.78, 5) is 85.2. The number of ether oxygens (including phenoxy) is 5. The Hall–Kier alpha value is -1.07. The van der Waals surface area contributed by atoms with Crippen LogP contribution in [0.25, 0.3) is 0 Å². The number of phosphoric acid groups is 1. The Bertz CT molecular complexity index is 3290. The quantitative estimate of drug-likeness (QED) is 0.0160. The van der Waals surface area contributed by atoms with Crippen LogP contribution in [0.5, 0.6) is 0 Å². The van der Waals surface area contributed by atoms with Crippen molar-refractivity contribution in [3.8, 4) is 24.7 Å². The normalized spacial score (nSPS) is 22.7. The van der Waals surface area contributed by atoms with Crippen LogP contribution in [-0.4, -0.2) is 216 Å².